The third-order valence-corrected chi connectivity index (χ3v) is 11.1. The summed E-state index contributed by atoms with van der Waals surface area (Å²) in [7, 11) is 0. The summed E-state index contributed by atoms with van der Waals surface area (Å²) in [6.07, 6.45) is 0. The number of fused-ring (bicyclic) bond motifs is 6. The summed E-state index contributed by atoms with van der Waals surface area (Å²) < 4.78 is 2.37. The highest BCUT2D eigenvalue weighted by Gasteiger charge is 2.33. The monoisotopic (exact) mass is 714 g/mol. The van der Waals surface area contributed by atoms with Crippen LogP contribution in [0, 0.1) is 0 Å². The molecule has 1 atom stereocenters. The second-order valence-corrected chi connectivity index (χ2v) is 14.4. The third kappa shape index (κ3) is 5.26. The topological polar surface area (TPSA) is 43.6 Å². The molecule has 1 unspecified atom stereocenters. The second kappa shape index (κ2) is 13.2. The van der Waals surface area contributed by atoms with Crippen LogP contribution in [0.25, 0.3) is 83.9 Å². The van der Waals surface area contributed by atoms with E-state index in [-0.39, 0.29) is 5.92 Å². The molecular formula is C52H34N4. The van der Waals surface area contributed by atoms with Crippen molar-refractivity contribution in [3.8, 4) is 62.1 Å². The van der Waals surface area contributed by atoms with Gasteiger partial charge in [-0.05, 0) is 75.3 Å². The predicted octanol–water partition coefficient (Wildman–Crippen LogP) is 12.8. The van der Waals surface area contributed by atoms with Crippen LogP contribution in [0.3, 0.4) is 0 Å². The number of hydrogen-bond acceptors (Lipinski definition) is 3. The summed E-state index contributed by atoms with van der Waals surface area (Å²) in [5, 5.41) is 2.47. The van der Waals surface area contributed by atoms with Crippen molar-refractivity contribution in [1.82, 2.24) is 19.5 Å². The van der Waals surface area contributed by atoms with Crippen LogP contribution in [0.15, 0.2) is 200 Å². The number of aromatic nitrogens is 4. The Balaban J connectivity index is 1.12. The largest absolute Gasteiger partial charge is 0.309 e. The second-order valence-electron chi connectivity index (χ2n) is 14.4. The van der Waals surface area contributed by atoms with Gasteiger partial charge in [-0.15, -0.1) is 0 Å². The quantitative estimate of drug-likeness (QED) is 0.172. The minimum atomic E-state index is 0.0746. The number of rotatable bonds is 6. The van der Waals surface area contributed by atoms with Gasteiger partial charge in [0.2, 0.25) is 0 Å². The van der Waals surface area contributed by atoms with Crippen molar-refractivity contribution < 1.29 is 0 Å². The standard InChI is InChI=1S/C52H34N4/c1-5-16-34(17-6-1)48-41-30-28-37(38-29-31-47-44(32-38)40-24-13-14-27-46(40)56(47)39-22-11-4-12-23-39)33-45(41)49-42(48)25-15-26-43(49)52-54-50(35-18-7-2-8-19-35)53-51(55-52)36-20-9-3-10-21-36/h1-33,48H. The summed E-state index contributed by atoms with van der Waals surface area (Å²) >= 11 is 0. The molecule has 0 fully saturated rings. The van der Waals surface area contributed by atoms with Crippen LogP contribution in [-0.2, 0) is 0 Å². The van der Waals surface area contributed by atoms with Crippen LogP contribution in [-0.4, -0.2) is 19.5 Å². The number of benzene rings is 8. The summed E-state index contributed by atoms with van der Waals surface area (Å²) in [6, 6.07) is 71.1. The Morgan fingerprint density at radius 1 is 0.357 bits per heavy atom. The maximum absolute atomic E-state index is 5.19. The molecule has 2 aromatic heterocycles. The Bertz CT molecular complexity index is 3000. The minimum Gasteiger partial charge on any atom is -0.309 e. The summed E-state index contributed by atoms with van der Waals surface area (Å²) in [5.74, 6) is 2.04. The lowest BCUT2D eigenvalue weighted by atomic mass is 9.88. The lowest BCUT2D eigenvalue weighted by Crippen LogP contribution is -2.02. The van der Waals surface area contributed by atoms with Gasteiger partial charge in [0.15, 0.2) is 17.5 Å². The van der Waals surface area contributed by atoms with Gasteiger partial charge in [0.05, 0.1) is 11.0 Å². The van der Waals surface area contributed by atoms with E-state index in [1.807, 2.05) is 36.4 Å². The highest BCUT2D eigenvalue weighted by atomic mass is 15.0. The number of hydrogen-bond donors (Lipinski definition) is 0. The van der Waals surface area contributed by atoms with Gasteiger partial charge in [-0.25, -0.2) is 15.0 Å². The van der Waals surface area contributed by atoms with Crippen molar-refractivity contribution >= 4 is 21.8 Å². The number of nitrogens with zero attached hydrogens (tertiary/aromatic N) is 4. The van der Waals surface area contributed by atoms with Crippen molar-refractivity contribution in [3.63, 3.8) is 0 Å². The fourth-order valence-corrected chi connectivity index (χ4v) is 8.61. The van der Waals surface area contributed by atoms with Crippen LogP contribution in [0.1, 0.15) is 22.6 Å². The molecule has 56 heavy (non-hydrogen) atoms. The van der Waals surface area contributed by atoms with Gasteiger partial charge >= 0.3 is 0 Å². The normalized spacial score (nSPS) is 13.2. The Hall–Kier alpha value is -7.43. The van der Waals surface area contributed by atoms with E-state index in [9.17, 15) is 0 Å². The molecule has 0 spiro atoms. The molecule has 1 aliphatic rings. The molecule has 0 amide bonds. The molecule has 1 aliphatic carbocycles. The van der Waals surface area contributed by atoms with Gasteiger partial charge in [-0.2, -0.15) is 0 Å². The zero-order valence-electron chi connectivity index (χ0n) is 30.4. The molecule has 0 saturated heterocycles. The third-order valence-electron chi connectivity index (χ3n) is 11.1. The Kier molecular flexibility index (Phi) is 7.52. The zero-order valence-corrected chi connectivity index (χ0v) is 30.4. The lowest BCUT2D eigenvalue weighted by Gasteiger charge is -2.15. The first-order valence-corrected chi connectivity index (χ1v) is 19.1. The summed E-state index contributed by atoms with van der Waals surface area (Å²) in [4.78, 5) is 15.4. The highest BCUT2D eigenvalue weighted by Crippen LogP contribution is 2.52. The van der Waals surface area contributed by atoms with Crippen molar-refractivity contribution in [1.29, 1.82) is 0 Å². The van der Waals surface area contributed by atoms with E-state index in [0.29, 0.717) is 17.5 Å². The van der Waals surface area contributed by atoms with Crippen molar-refractivity contribution in [2.45, 2.75) is 5.92 Å². The van der Waals surface area contributed by atoms with Gasteiger partial charge in [0.1, 0.15) is 0 Å². The molecule has 0 aliphatic heterocycles. The first-order valence-electron chi connectivity index (χ1n) is 19.1. The van der Waals surface area contributed by atoms with Gasteiger partial charge in [0.25, 0.3) is 0 Å². The minimum absolute atomic E-state index is 0.0746. The lowest BCUT2D eigenvalue weighted by molar-refractivity contribution is 1.01. The molecular weight excluding hydrogens is 681 g/mol. The highest BCUT2D eigenvalue weighted by molar-refractivity contribution is 6.10. The molecule has 2 heterocycles. The van der Waals surface area contributed by atoms with Crippen LogP contribution in [0.2, 0.25) is 0 Å². The molecule has 8 aromatic carbocycles. The van der Waals surface area contributed by atoms with E-state index in [1.54, 1.807) is 0 Å². The fraction of sp³-hybridized carbons (Fsp3) is 0.0192. The maximum Gasteiger partial charge on any atom is 0.164 e. The van der Waals surface area contributed by atoms with E-state index in [2.05, 4.69) is 168 Å². The van der Waals surface area contributed by atoms with Gasteiger partial charge in [0, 0.05) is 39.1 Å². The average molecular weight is 715 g/mol. The van der Waals surface area contributed by atoms with Crippen LogP contribution >= 0.6 is 0 Å². The van der Waals surface area contributed by atoms with Crippen molar-refractivity contribution in [2.24, 2.45) is 0 Å². The average Bonchev–Trinajstić information content (AvgIpc) is 3.80. The van der Waals surface area contributed by atoms with Gasteiger partial charge in [-0.1, -0.05) is 164 Å². The van der Waals surface area contributed by atoms with Crippen LogP contribution < -0.4 is 0 Å². The first kappa shape index (κ1) is 32.0. The van der Waals surface area contributed by atoms with E-state index in [4.69, 9.17) is 15.0 Å². The molecule has 4 nitrogen and oxygen atoms in total. The smallest absolute Gasteiger partial charge is 0.164 e. The van der Waals surface area contributed by atoms with Gasteiger partial charge < -0.3 is 4.57 Å². The first-order chi connectivity index (χ1) is 27.8. The maximum atomic E-state index is 5.19. The zero-order chi connectivity index (χ0) is 37.0. The Morgan fingerprint density at radius 3 is 1.64 bits per heavy atom. The summed E-state index contributed by atoms with van der Waals surface area (Å²) in [6.45, 7) is 0. The van der Waals surface area contributed by atoms with Gasteiger partial charge in [-0.3, -0.25) is 0 Å². The van der Waals surface area contributed by atoms with Crippen LogP contribution in [0.4, 0.5) is 0 Å². The predicted molar refractivity (Wildman–Crippen MR) is 229 cm³/mol. The molecule has 0 bridgehead atoms. The fourth-order valence-electron chi connectivity index (χ4n) is 8.61. The molecule has 0 N–H and O–H groups in total. The summed E-state index contributed by atoms with van der Waals surface area (Å²) in [5.41, 5.74) is 15.0. The molecule has 4 heteroatoms. The molecule has 10 aromatic rings. The van der Waals surface area contributed by atoms with E-state index >= 15 is 0 Å². The van der Waals surface area contributed by atoms with E-state index in [0.717, 1.165) is 22.4 Å². The van der Waals surface area contributed by atoms with E-state index < -0.39 is 0 Å². The number of para-hydroxylation sites is 2. The molecule has 11 rings (SSSR count). The van der Waals surface area contributed by atoms with Crippen LogP contribution in [0.5, 0.6) is 0 Å². The Labute approximate surface area is 325 Å². The molecule has 0 radical (unpaired) electrons. The van der Waals surface area contributed by atoms with Crippen molar-refractivity contribution in [3.05, 3.63) is 217 Å². The van der Waals surface area contributed by atoms with Crippen molar-refractivity contribution in [2.75, 3.05) is 0 Å². The molecule has 0 saturated carbocycles. The SMILES string of the molecule is c1ccc(-c2nc(-c3ccccc3)nc(-c3cccc4c3-c3cc(-c5ccc6c(c5)c5ccccc5n6-c5ccccc5)ccc3C4c3ccccc3)n2)cc1. The Morgan fingerprint density at radius 2 is 0.929 bits per heavy atom. The molecule has 262 valence electrons. The van der Waals surface area contributed by atoms with E-state index in [1.165, 1.54) is 60.8 Å².